The van der Waals surface area contributed by atoms with Gasteiger partial charge in [-0.2, -0.15) is 4.39 Å². The number of halogens is 2. The highest BCUT2D eigenvalue weighted by Gasteiger charge is 2.06. The summed E-state index contributed by atoms with van der Waals surface area (Å²) in [6.07, 6.45) is 1.45. The van der Waals surface area contributed by atoms with Gasteiger partial charge in [-0.15, -0.1) is 0 Å². The van der Waals surface area contributed by atoms with Crippen molar-refractivity contribution in [3.63, 3.8) is 0 Å². The van der Waals surface area contributed by atoms with Crippen molar-refractivity contribution in [1.29, 1.82) is 0 Å². The van der Waals surface area contributed by atoms with Crippen molar-refractivity contribution in [1.82, 2.24) is 4.98 Å². The Morgan fingerprint density at radius 1 is 1.31 bits per heavy atom. The van der Waals surface area contributed by atoms with E-state index in [0.29, 0.717) is 10.7 Å². The summed E-state index contributed by atoms with van der Waals surface area (Å²) < 4.78 is 12.7. The highest BCUT2D eigenvalue weighted by Crippen LogP contribution is 2.31. The number of pyridine rings is 1. The van der Waals surface area contributed by atoms with Crippen LogP contribution in [0.1, 0.15) is 5.56 Å². The number of rotatable bonds is 1. The lowest BCUT2D eigenvalue weighted by Gasteiger charge is -2.07. The molecule has 2 N–H and O–H groups in total. The smallest absolute Gasteiger partial charge is 0.212 e. The molecule has 0 atom stereocenters. The summed E-state index contributed by atoms with van der Waals surface area (Å²) in [7, 11) is 0. The Bertz CT molecular complexity index is 523. The number of aryl methyl sites for hydroxylation is 1. The monoisotopic (exact) mass is 236 g/mol. The van der Waals surface area contributed by atoms with Crippen molar-refractivity contribution in [2.24, 2.45) is 0 Å². The summed E-state index contributed by atoms with van der Waals surface area (Å²) in [4.78, 5) is 3.59. The molecule has 2 aromatic rings. The van der Waals surface area contributed by atoms with Crippen molar-refractivity contribution in [3.8, 4) is 11.1 Å². The molecule has 0 fully saturated rings. The Balaban J connectivity index is 2.56. The quantitative estimate of drug-likeness (QED) is 0.609. The lowest BCUT2D eigenvalue weighted by Crippen LogP contribution is -1.92. The number of nitrogens with two attached hydrogens (primary N) is 1. The van der Waals surface area contributed by atoms with Crippen molar-refractivity contribution >= 4 is 17.3 Å². The van der Waals surface area contributed by atoms with Crippen LogP contribution in [0, 0.1) is 12.9 Å². The van der Waals surface area contributed by atoms with Crippen LogP contribution in [0.4, 0.5) is 10.1 Å². The largest absolute Gasteiger partial charge is 0.398 e. The average Bonchev–Trinajstić information content (AvgIpc) is 2.25. The van der Waals surface area contributed by atoms with Gasteiger partial charge in [-0.25, -0.2) is 4.98 Å². The van der Waals surface area contributed by atoms with Gasteiger partial charge in [-0.05, 0) is 36.8 Å². The van der Waals surface area contributed by atoms with Crippen LogP contribution >= 0.6 is 11.6 Å². The first-order valence-corrected chi connectivity index (χ1v) is 5.13. The van der Waals surface area contributed by atoms with Crippen LogP contribution in [0.15, 0.2) is 30.5 Å². The Labute approximate surface area is 97.9 Å². The molecule has 0 aliphatic heterocycles. The molecule has 0 aliphatic rings. The Morgan fingerprint density at radius 2 is 2.06 bits per heavy atom. The highest BCUT2D eigenvalue weighted by atomic mass is 35.5. The van der Waals surface area contributed by atoms with E-state index in [0.717, 1.165) is 16.7 Å². The maximum absolute atomic E-state index is 12.7. The number of aromatic nitrogens is 1. The van der Waals surface area contributed by atoms with Gasteiger partial charge in [0.2, 0.25) is 5.95 Å². The predicted molar refractivity (Wildman–Crippen MR) is 63.8 cm³/mol. The molecular formula is C12H10ClFN2. The summed E-state index contributed by atoms with van der Waals surface area (Å²) >= 11 is 6.07. The standard InChI is InChI=1S/C12H10ClFN2/c1-7-4-9(10(13)5-11(7)15)8-2-3-12(14)16-6-8/h2-6H,15H2,1H3. The van der Waals surface area contributed by atoms with Gasteiger partial charge >= 0.3 is 0 Å². The van der Waals surface area contributed by atoms with Crippen LogP contribution in [0.25, 0.3) is 11.1 Å². The maximum Gasteiger partial charge on any atom is 0.212 e. The predicted octanol–water partition coefficient (Wildman–Crippen LogP) is 3.43. The fourth-order valence-electron chi connectivity index (χ4n) is 1.45. The van der Waals surface area contributed by atoms with E-state index in [1.54, 1.807) is 12.1 Å². The normalized spacial score (nSPS) is 10.4. The Hall–Kier alpha value is -1.61. The first-order chi connectivity index (χ1) is 7.58. The number of benzene rings is 1. The third-order valence-electron chi connectivity index (χ3n) is 2.39. The summed E-state index contributed by atoms with van der Waals surface area (Å²) in [5.74, 6) is -0.507. The van der Waals surface area contributed by atoms with Gasteiger partial charge in [-0.3, -0.25) is 0 Å². The van der Waals surface area contributed by atoms with Gasteiger partial charge < -0.3 is 5.73 Å². The minimum absolute atomic E-state index is 0.507. The molecule has 2 rings (SSSR count). The molecule has 0 bridgehead atoms. The zero-order chi connectivity index (χ0) is 11.7. The minimum Gasteiger partial charge on any atom is -0.398 e. The molecule has 82 valence electrons. The van der Waals surface area contributed by atoms with Crippen molar-refractivity contribution in [2.45, 2.75) is 6.92 Å². The molecule has 4 heteroatoms. The van der Waals surface area contributed by atoms with Crippen LogP contribution in [0.3, 0.4) is 0 Å². The molecule has 0 unspecified atom stereocenters. The second-order valence-corrected chi connectivity index (χ2v) is 3.97. The molecule has 0 amide bonds. The lowest BCUT2D eigenvalue weighted by molar-refractivity contribution is 0.584. The van der Waals surface area contributed by atoms with E-state index < -0.39 is 5.95 Å². The SMILES string of the molecule is Cc1cc(-c2ccc(F)nc2)c(Cl)cc1N. The van der Waals surface area contributed by atoms with E-state index in [2.05, 4.69) is 4.98 Å². The number of nitrogen functional groups attached to an aromatic ring is 1. The molecule has 0 saturated carbocycles. The first-order valence-electron chi connectivity index (χ1n) is 4.75. The van der Waals surface area contributed by atoms with Gasteiger partial charge in [0.25, 0.3) is 0 Å². The number of hydrogen-bond donors (Lipinski definition) is 1. The molecule has 1 aromatic carbocycles. The number of anilines is 1. The molecule has 16 heavy (non-hydrogen) atoms. The van der Waals surface area contributed by atoms with Gasteiger partial charge in [-0.1, -0.05) is 11.6 Å². The van der Waals surface area contributed by atoms with Crippen LogP contribution < -0.4 is 5.73 Å². The molecule has 2 nitrogen and oxygen atoms in total. The zero-order valence-electron chi connectivity index (χ0n) is 8.67. The van der Waals surface area contributed by atoms with E-state index in [1.807, 2.05) is 13.0 Å². The molecule has 1 aromatic heterocycles. The maximum atomic E-state index is 12.7. The second kappa shape index (κ2) is 4.10. The Kier molecular flexibility index (Phi) is 2.79. The van der Waals surface area contributed by atoms with E-state index in [9.17, 15) is 4.39 Å². The van der Waals surface area contributed by atoms with Gasteiger partial charge in [0, 0.05) is 23.0 Å². The minimum atomic E-state index is -0.507. The number of nitrogens with zero attached hydrogens (tertiary/aromatic N) is 1. The van der Waals surface area contributed by atoms with E-state index in [1.165, 1.54) is 12.3 Å². The fraction of sp³-hybridized carbons (Fsp3) is 0.0833. The fourth-order valence-corrected chi connectivity index (χ4v) is 1.73. The third kappa shape index (κ3) is 1.99. The van der Waals surface area contributed by atoms with Crippen molar-refractivity contribution in [2.75, 3.05) is 5.73 Å². The topological polar surface area (TPSA) is 38.9 Å². The summed E-state index contributed by atoms with van der Waals surface area (Å²) in [5.41, 5.74) is 8.89. The summed E-state index contributed by atoms with van der Waals surface area (Å²) in [6.45, 7) is 1.89. The second-order valence-electron chi connectivity index (χ2n) is 3.56. The average molecular weight is 237 g/mol. The van der Waals surface area contributed by atoms with E-state index in [4.69, 9.17) is 17.3 Å². The van der Waals surface area contributed by atoms with Gasteiger partial charge in [0.15, 0.2) is 0 Å². The van der Waals surface area contributed by atoms with E-state index in [-0.39, 0.29) is 0 Å². The molecule has 0 aliphatic carbocycles. The van der Waals surface area contributed by atoms with Crippen LogP contribution in [-0.4, -0.2) is 4.98 Å². The Morgan fingerprint density at radius 3 is 2.69 bits per heavy atom. The highest BCUT2D eigenvalue weighted by molar-refractivity contribution is 6.33. The molecular weight excluding hydrogens is 227 g/mol. The summed E-state index contributed by atoms with van der Waals surface area (Å²) in [6, 6.07) is 6.50. The van der Waals surface area contributed by atoms with Crippen LogP contribution in [0.5, 0.6) is 0 Å². The first kappa shape index (κ1) is 10.9. The van der Waals surface area contributed by atoms with Crippen molar-refractivity contribution in [3.05, 3.63) is 47.0 Å². The van der Waals surface area contributed by atoms with Crippen molar-refractivity contribution < 1.29 is 4.39 Å². The summed E-state index contributed by atoms with van der Waals surface area (Å²) in [5, 5.41) is 0.538. The molecule has 0 spiro atoms. The van der Waals surface area contributed by atoms with Gasteiger partial charge in [0.1, 0.15) is 0 Å². The van der Waals surface area contributed by atoms with Gasteiger partial charge in [0.05, 0.1) is 5.02 Å². The third-order valence-corrected chi connectivity index (χ3v) is 2.71. The lowest BCUT2D eigenvalue weighted by atomic mass is 10.0. The number of hydrogen-bond acceptors (Lipinski definition) is 2. The van der Waals surface area contributed by atoms with E-state index >= 15 is 0 Å². The molecule has 1 heterocycles. The van der Waals surface area contributed by atoms with Crippen LogP contribution in [-0.2, 0) is 0 Å². The molecule has 0 radical (unpaired) electrons. The molecule has 0 saturated heterocycles. The zero-order valence-corrected chi connectivity index (χ0v) is 9.42. The van der Waals surface area contributed by atoms with Crippen LogP contribution in [0.2, 0.25) is 5.02 Å².